The van der Waals surface area contributed by atoms with Gasteiger partial charge >= 0.3 is 0 Å². The summed E-state index contributed by atoms with van der Waals surface area (Å²) in [5.74, 6) is 0. The molecule has 2 aromatic carbocycles. The van der Waals surface area contributed by atoms with Crippen molar-refractivity contribution in [3.05, 3.63) is 70.7 Å². The van der Waals surface area contributed by atoms with Crippen molar-refractivity contribution in [2.45, 2.75) is 24.6 Å². The van der Waals surface area contributed by atoms with Crippen LogP contribution in [-0.2, 0) is 16.9 Å². The van der Waals surface area contributed by atoms with Gasteiger partial charge < -0.3 is 9.84 Å². The minimum atomic E-state index is -0.838. The number of rotatable bonds is 4. The number of benzene rings is 2. The van der Waals surface area contributed by atoms with E-state index in [2.05, 4.69) is 28.0 Å². The summed E-state index contributed by atoms with van der Waals surface area (Å²) in [4.78, 5) is 4.81. The van der Waals surface area contributed by atoms with Crippen LogP contribution in [0.4, 0.5) is 0 Å². The summed E-state index contributed by atoms with van der Waals surface area (Å²) in [6.45, 7) is 5.65. The second kappa shape index (κ2) is 8.29. The molecule has 5 heteroatoms. The fourth-order valence-electron chi connectivity index (χ4n) is 4.36. The summed E-state index contributed by atoms with van der Waals surface area (Å²) in [6, 6.07) is 18.2. The molecule has 4 rings (SSSR count). The number of piperidine rings is 1. The SMILES string of the molecule is O[C@]1(c2ccccc2)CCN(Cc2ccccc2Cl)C[C@H]1N1CCOCC1. The number of hydrogen-bond donors (Lipinski definition) is 1. The summed E-state index contributed by atoms with van der Waals surface area (Å²) in [5.41, 5.74) is 1.32. The molecule has 2 saturated heterocycles. The average Bonchev–Trinajstić information content (AvgIpc) is 2.72. The Labute approximate surface area is 166 Å². The lowest BCUT2D eigenvalue weighted by molar-refractivity contribution is -0.119. The zero-order valence-electron chi connectivity index (χ0n) is 15.6. The van der Waals surface area contributed by atoms with Crippen molar-refractivity contribution in [1.82, 2.24) is 9.80 Å². The molecule has 27 heavy (non-hydrogen) atoms. The summed E-state index contributed by atoms with van der Waals surface area (Å²) in [6.07, 6.45) is 0.712. The van der Waals surface area contributed by atoms with E-state index in [1.807, 2.05) is 36.4 Å². The molecule has 0 amide bonds. The number of morpholine rings is 1. The van der Waals surface area contributed by atoms with Crippen LogP contribution in [0.2, 0.25) is 5.02 Å². The third kappa shape index (κ3) is 4.05. The van der Waals surface area contributed by atoms with Crippen molar-refractivity contribution < 1.29 is 9.84 Å². The third-order valence-corrected chi connectivity index (χ3v) is 6.27. The maximum absolute atomic E-state index is 11.8. The molecular weight excluding hydrogens is 360 g/mol. The monoisotopic (exact) mass is 386 g/mol. The molecule has 2 aliphatic rings. The normalized spacial score (nSPS) is 27.6. The maximum atomic E-state index is 11.8. The molecule has 1 N–H and O–H groups in total. The summed E-state index contributed by atoms with van der Waals surface area (Å²) < 4.78 is 5.55. The standard InChI is InChI=1S/C22H27ClN2O2/c23-20-9-5-4-6-18(20)16-24-11-10-22(26,19-7-2-1-3-8-19)21(17-24)25-12-14-27-15-13-25/h1-9,21,26H,10-17H2/t21-,22+/m1/s1. The van der Waals surface area contributed by atoms with Crippen LogP contribution in [0.1, 0.15) is 17.5 Å². The number of likely N-dealkylation sites (tertiary alicyclic amines) is 1. The van der Waals surface area contributed by atoms with Crippen LogP contribution in [0.3, 0.4) is 0 Å². The van der Waals surface area contributed by atoms with Crippen LogP contribution in [0, 0.1) is 0 Å². The molecule has 0 bridgehead atoms. The molecule has 0 spiro atoms. The Morgan fingerprint density at radius 3 is 2.44 bits per heavy atom. The van der Waals surface area contributed by atoms with Gasteiger partial charge in [0.1, 0.15) is 5.60 Å². The highest BCUT2D eigenvalue weighted by Crippen LogP contribution is 2.37. The maximum Gasteiger partial charge on any atom is 0.108 e. The van der Waals surface area contributed by atoms with Crippen molar-refractivity contribution in [3.63, 3.8) is 0 Å². The Hall–Kier alpha value is -1.43. The van der Waals surface area contributed by atoms with E-state index in [4.69, 9.17) is 16.3 Å². The van der Waals surface area contributed by atoms with E-state index in [9.17, 15) is 5.11 Å². The van der Waals surface area contributed by atoms with Crippen molar-refractivity contribution in [2.75, 3.05) is 39.4 Å². The Morgan fingerprint density at radius 2 is 1.70 bits per heavy atom. The van der Waals surface area contributed by atoms with Crippen LogP contribution in [0.5, 0.6) is 0 Å². The number of halogens is 1. The first-order valence-electron chi connectivity index (χ1n) is 9.72. The Morgan fingerprint density at radius 1 is 1.00 bits per heavy atom. The molecule has 0 unspecified atom stereocenters. The van der Waals surface area contributed by atoms with Crippen molar-refractivity contribution in [3.8, 4) is 0 Å². The second-order valence-corrected chi connectivity index (χ2v) is 7.94. The zero-order chi connectivity index (χ0) is 18.7. The zero-order valence-corrected chi connectivity index (χ0v) is 16.3. The number of ether oxygens (including phenoxy) is 1. The Kier molecular flexibility index (Phi) is 5.81. The van der Waals surface area contributed by atoms with Gasteiger partial charge in [0.2, 0.25) is 0 Å². The molecule has 144 valence electrons. The van der Waals surface area contributed by atoms with Gasteiger partial charge in [-0.3, -0.25) is 9.80 Å². The first-order chi connectivity index (χ1) is 13.2. The fourth-order valence-corrected chi connectivity index (χ4v) is 4.56. The number of hydrogen-bond acceptors (Lipinski definition) is 4. The molecule has 0 aliphatic carbocycles. The van der Waals surface area contributed by atoms with Crippen LogP contribution in [0.25, 0.3) is 0 Å². The van der Waals surface area contributed by atoms with E-state index in [-0.39, 0.29) is 6.04 Å². The van der Waals surface area contributed by atoms with Gasteiger partial charge in [-0.2, -0.15) is 0 Å². The number of aliphatic hydroxyl groups is 1. The first-order valence-corrected chi connectivity index (χ1v) is 10.1. The van der Waals surface area contributed by atoms with Gasteiger partial charge in [-0.25, -0.2) is 0 Å². The van der Waals surface area contributed by atoms with E-state index in [1.165, 1.54) is 0 Å². The molecule has 0 radical (unpaired) electrons. The van der Waals surface area contributed by atoms with E-state index < -0.39 is 5.60 Å². The minimum Gasteiger partial charge on any atom is -0.383 e. The van der Waals surface area contributed by atoms with Crippen molar-refractivity contribution in [1.29, 1.82) is 0 Å². The van der Waals surface area contributed by atoms with Gasteiger partial charge in [0.05, 0.1) is 19.3 Å². The lowest BCUT2D eigenvalue weighted by atomic mass is 9.79. The third-order valence-electron chi connectivity index (χ3n) is 5.90. The van der Waals surface area contributed by atoms with Gasteiger partial charge in [0.25, 0.3) is 0 Å². The number of nitrogens with zero attached hydrogens (tertiary/aromatic N) is 2. The summed E-state index contributed by atoms with van der Waals surface area (Å²) >= 11 is 6.38. The molecule has 2 heterocycles. The van der Waals surface area contributed by atoms with Gasteiger partial charge in [-0.15, -0.1) is 0 Å². The largest absolute Gasteiger partial charge is 0.383 e. The Bertz CT molecular complexity index is 751. The Balaban J connectivity index is 1.58. The predicted molar refractivity (Wildman–Crippen MR) is 108 cm³/mol. The van der Waals surface area contributed by atoms with E-state index in [0.29, 0.717) is 6.42 Å². The molecule has 4 nitrogen and oxygen atoms in total. The highest BCUT2D eigenvalue weighted by molar-refractivity contribution is 6.31. The van der Waals surface area contributed by atoms with Crippen LogP contribution in [0.15, 0.2) is 54.6 Å². The van der Waals surface area contributed by atoms with Crippen LogP contribution >= 0.6 is 11.6 Å². The highest BCUT2D eigenvalue weighted by atomic mass is 35.5. The smallest absolute Gasteiger partial charge is 0.108 e. The lowest BCUT2D eigenvalue weighted by Gasteiger charge is -2.50. The summed E-state index contributed by atoms with van der Waals surface area (Å²) in [5, 5.41) is 12.6. The molecule has 0 aromatic heterocycles. The van der Waals surface area contributed by atoms with Gasteiger partial charge in [-0.1, -0.05) is 60.1 Å². The van der Waals surface area contributed by atoms with Crippen LogP contribution < -0.4 is 0 Å². The average molecular weight is 387 g/mol. The predicted octanol–water partition coefficient (Wildman–Crippen LogP) is 3.13. The summed E-state index contributed by atoms with van der Waals surface area (Å²) in [7, 11) is 0. The van der Waals surface area contributed by atoms with Crippen LogP contribution in [-0.4, -0.2) is 60.3 Å². The lowest BCUT2D eigenvalue weighted by Crippen LogP contribution is -2.62. The van der Waals surface area contributed by atoms with E-state index in [1.54, 1.807) is 0 Å². The molecule has 2 atom stereocenters. The van der Waals surface area contributed by atoms with E-state index in [0.717, 1.165) is 62.1 Å². The van der Waals surface area contributed by atoms with Crippen molar-refractivity contribution in [2.24, 2.45) is 0 Å². The molecule has 2 aliphatic heterocycles. The quantitative estimate of drug-likeness (QED) is 0.875. The highest BCUT2D eigenvalue weighted by Gasteiger charge is 2.45. The first kappa shape index (κ1) is 18.9. The fraction of sp³-hybridized carbons (Fsp3) is 0.455. The van der Waals surface area contributed by atoms with Gasteiger partial charge in [0, 0.05) is 37.7 Å². The topological polar surface area (TPSA) is 35.9 Å². The molecular formula is C22H27ClN2O2. The van der Waals surface area contributed by atoms with Crippen molar-refractivity contribution >= 4 is 11.6 Å². The van der Waals surface area contributed by atoms with Gasteiger partial charge in [0.15, 0.2) is 0 Å². The molecule has 0 saturated carbocycles. The minimum absolute atomic E-state index is 0.0417. The molecule has 2 aromatic rings. The van der Waals surface area contributed by atoms with E-state index >= 15 is 0 Å². The van der Waals surface area contributed by atoms with Gasteiger partial charge in [-0.05, 0) is 23.6 Å². The second-order valence-electron chi connectivity index (χ2n) is 7.53. The molecule has 2 fully saturated rings.